The van der Waals surface area contributed by atoms with Gasteiger partial charge in [-0.2, -0.15) is 0 Å². The van der Waals surface area contributed by atoms with E-state index in [2.05, 4.69) is 0 Å². The highest BCUT2D eigenvalue weighted by Gasteiger charge is 2.15. The third-order valence-corrected chi connectivity index (χ3v) is 3.47. The van der Waals surface area contributed by atoms with E-state index in [0.29, 0.717) is 17.3 Å². The normalized spacial score (nSPS) is 10.5. The lowest BCUT2D eigenvalue weighted by atomic mass is 10.2. The number of esters is 1. The second kappa shape index (κ2) is 8.01. The maximum Gasteiger partial charge on any atom is 0.340 e. The summed E-state index contributed by atoms with van der Waals surface area (Å²) in [6.45, 7) is 2.58. The fourth-order valence-electron chi connectivity index (χ4n) is 1.45. The predicted molar refractivity (Wildman–Crippen MR) is 74.0 cm³/mol. The van der Waals surface area contributed by atoms with Crippen LogP contribution in [0.25, 0.3) is 0 Å². The van der Waals surface area contributed by atoms with Crippen molar-refractivity contribution in [3.05, 3.63) is 23.5 Å². The third-order valence-electron chi connectivity index (χ3n) is 2.35. The highest BCUT2D eigenvalue weighted by molar-refractivity contribution is 7.99. The molecule has 0 fully saturated rings. The van der Waals surface area contributed by atoms with Gasteiger partial charge < -0.3 is 15.2 Å². The molecule has 0 unspecified atom stereocenters. The van der Waals surface area contributed by atoms with E-state index in [1.165, 1.54) is 17.8 Å². The first-order valence-corrected chi connectivity index (χ1v) is 6.96. The molecule has 106 valence electrons. The number of hydrogen-bond acceptors (Lipinski definition) is 5. The Hall–Kier alpha value is -1.27. The van der Waals surface area contributed by atoms with Gasteiger partial charge in [0.15, 0.2) is 0 Å². The number of rotatable bonds is 7. The van der Waals surface area contributed by atoms with Crippen molar-refractivity contribution in [2.24, 2.45) is 0 Å². The number of ether oxygens (including phenoxy) is 2. The lowest BCUT2D eigenvalue weighted by molar-refractivity contribution is 0.0527. The van der Waals surface area contributed by atoms with Crippen molar-refractivity contribution >= 4 is 23.4 Å². The molecule has 0 amide bonds. The van der Waals surface area contributed by atoms with Gasteiger partial charge in [0.25, 0.3) is 0 Å². The number of nitrogens with two attached hydrogens (primary N) is 1. The second-order valence-electron chi connectivity index (χ2n) is 3.79. The van der Waals surface area contributed by atoms with Crippen LogP contribution in [0.15, 0.2) is 17.0 Å². The Balaban J connectivity index is 2.81. The maximum absolute atomic E-state index is 13.7. The maximum atomic E-state index is 13.7. The number of thioether (sulfide) groups is 1. The summed E-state index contributed by atoms with van der Waals surface area (Å²) in [7, 11) is 1.62. The van der Waals surface area contributed by atoms with E-state index in [0.717, 1.165) is 12.5 Å². The number of methoxy groups -OCH3 is 1. The highest BCUT2D eigenvalue weighted by atomic mass is 32.2. The van der Waals surface area contributed by atoms with Crippen LogP contribution in [0.1, 0.15) is 23.7 Å². The first kappa shape index (κ1) is 15.8. The molecule has 0 spiro atoms. The van der Waals surface area contributed by atoms with Crippen LogP contribution in [0.2, 0.25) is 0 Å². The Labute approximate surface area is 116 Å². The summed E-state index contributed by atoms with van der Waals surface area (Å²) in [6, 6.07) is 2.60. The molecule has 6 heteroatoms. The van der Waals surface area contributed by atoms with Gasteiger partial charge in [0.2, 0.25) is 0 Å². The molecule has 19 heavy (non-hydrogen) atoms. The van der Waals surface area contributed by atoms with Crippen LogP contribution in [0.5, 0.6) is 0 Å². The summed E-state index contributed by atoms with van der Waals surface area (Å²) in [5.74, 6) is -0.247. The van der Waals surface area contributed by atoms with Gasteiger partial charge in [0.05, 0.1) is 12.2 Å². The minimum Gasteiger partial charge on any atom is -0.462 e. The molecule has 0 bridgehead atoms. The Kier molecular flexibility index (Phi) is 6.66. The van der Waals surface area contributed by atoms with Crippen molar-refractivity contribution in [3.63, 3.8) is 0 Å². The summed E-state index contributed by atoms with van der Waals surface area (Å²) in [6.07, 6.45) is 0.805. The standard InChI is InChI=1S/C13H18FNO3S/c1-3-18-13(16)9-7-12(10(14)8-11(9)15)19-6-4-5-17-2/h7-8H,3-6,15H2,1-2H3. The molecule has 1 aromatic rings. The number of benzene rings is 1. The van der Waals surface area contributed by atoms with Gasteiger partial charge in [-0.05, 0) is 25.5 Å². The predicted octanol–water partition coefficient (Wildman–Crippen LogP) is 2.71. The van der Waals surface area contributed by atoms with E-state index in [9.17, 15) is 9.18 Å². The van der Waals surface area contributed by atoms with E-state index in [4.69, 9.17) is 15.2 Å². The Morgan fingerprint density at radius 3 is 2.84 bits per heavy atom. The molecule has 2 N–H and O–H groups in total. The minimum atomic E-state index is -0.529. The largest absolute Gasteiger partial charge is 0.462 e. The van der Waals surface area contributed by atoms with Crippen molar-refractivity contribution in [2.45, 2.75) is 18.2 Å². The van der Waals surface area contributed by atoms with Gasteiger partial charge >= 0.3 is 5.97 Å². The topological polar surface area (TPSA) is 61.5 Å². The number of carbonyl (C=O) groups excluding carboxylic acids is 1. The van der Waals surface area contributed by atoms with Crippen LogP contribution < -0.4 is 5.73 Å². The average molecular weight is 287 g/mol. The summed E-state index contributed by atoms with van der Waals surface area (Å²) in [4.78, 5) is 12.0. The van der Waals surface area contributed by atoms with Crippen LogP contribution in [-0.4, -0.2) is 32.0 Å². The van der Waals surface area contributed by atoms with Crippen LogP contribution in [-0.2, 0) is 9.47 Å². The minimum absolute atomic E-state index is 0.0946. The Morgan fingerprint density at radius 2 is 2.21 bits per heavy atom. The Bertz CT molecular complexity index is 440. The van der Waals surface area contributed by atoms with Gasteiger partial charge in [0.1, 0.15) is 5.82 Å². The van der Waals surface area contributed by atoms with E-state index in [1.54, 1.807) is 14.0 Å². The molecular formula is C13H18FNO3S. The highest BCUT2D eigenvalue weighted by Crippen LogP contribution is 2.27. The van der Waals surface area contributed by atoms with Gasteiger partial charge in [-0.25, -0.2) is 9.18 Å². The molecule has 0 saturated carbocycles. The van der Waals surface area contributed by atoms with Crippen LogP contribution in [0.3, 0.4) is 0 Å². The van der Waals surface area contributed by atoms with E-state index < -0.39 is 11.8 Å². The molecule has 0 heterocycles. The number of hydrogen-bond donors (Lipinski definition) is 1. The molecule has 1 aromatic carbocycles. The van der Waals surface area contributed by atoms with Crippen molar-refractivity contribution in [1.82, 2.24) is 0 Å². The fourth-order valence-corrected chi connectivity index (χ4v) is 2.33. The van der Waals surface area contributed by atoms with Crippen LogP contribution in [0, 0.1) is 5.82 Å². The summed E-state index contributed by atoms with van der Waals surface area (Å²) in [5, 5.41) is 0. The molecular weight excluding hydrogens is 269 g/mol. The lowest BCUT2D eigenvalue weighted by Crippen LogP contribution is -2.09. The third kappa shape index (κ3) is 4.72. The SMILES string of the molecule is CCOC(=O)c1cc(SCCCOC)c(F)cc1N. The smallest absolute Gasteiger partial charge is 0.340 e. The molecule has 0 aromatic heterocycles. The summed E-state index contributed by atoms with van der Waals surface area (Å²) >= 11 is 1.33. The lowest BCUT2D eigenvalue weighted by Gasteiger charge is -2.09. The van der Waals surface area contributed by atoms with Gasteiger partial charge in [-0.3, -0.25) is 0 Å². The van der Waals surface area contributed by atoms with Gasteiger partial charge in [-0.1, -0.05) is 0 Å². The van der Waals surface area contributed by atoms with E-state index in [1.807, 2.05) is 0 Å². The zero-order valence-corrected chi connectivity index (χ0v) is 11.9. The van der Waals surface area contributed by atoms with Crippen molar-refractivity contribution in [2.75, 3.05) is 31.8 Å². The molecule has 0 aliphatic carbocycles. The van der Waals surface area contributed by atoms with Crippen molar-refractivity contribution in [3.8, 4) is 0 Å². The fraction of sp³-hybridized carbons (Fsp3) is 0.462. The zero-order chi connectivity index (χ0) is 14.3. The first-order valence-electron chi connectivity index (χ1n) is 5.98. The van der Waals surface area contributed by atoms with Gasteiger partial charge in [0, 0.05) is 30.1 Å². The summed E-state index contributed by atoms with van der Waals surface area (Å²) < 4.78 is 23.5. The zero-order valence-electron chi connectivity index (χ0n) is 11.1. The molecule has 0 aliphatic rings. The average Bonchev–Trinajstić information content (AvgIpc) is 2.37. The molecule has 4 nitrogen and oxygen atoms in total. The van der Waals surface area contributed by atoms with Crippen LogP contribution in [0.4, 0.5) is 10.1 Å². The van der Waals surface area contributed by atoms with Crippen LogP contribution >= 0.6 is 11.8 Å². The Morgan fingerprint density at radius 1 is 1.47 bits per heavy atom. The summed E-state index contributed by atoms with van der Waals surface area (Å²) in [5.41, 5.74) is 5.93. The number of nitrogen functional groups attached to an aromatic ring is 1. The molecule has 0 radical (unpaired) electrons. The molecule has 0 saturated heterocycles. The quantitative estimate of drug-likeness (QED) is 0.361. The van der Waals surface area contributed by atoms with E-state index >= 15 is 0 Å². The molecule has 1 rings (SSSR count). The van der Waals surface area contributed by atoms with Gasteiger partial charge in [-0.15, -0.1) is 11.8 Å². The van der Waals surface area contributed by atoms with E-state index in [-0.39, 0.29) is 17.9 Å². The number of halogens is 1. The molecule has 0 aliphatic heterocycles. The van der Waals surface area contributed by atoms with Crippen molar-refractivity contribution in [1.29, 1.82) is 0 Å². The second-order valence-corrected chi connectivity index (χ2v) is 4.92. The number of anilines is 1. The number of carbonyl (C=O) groups is 1. The monoisotopic (exact) mass is 287 g/mol. The molecule has 0 atom stereocenters. The first-order chi connectivity index (χ1) is 9.10. The van der Waals surface area contributed by atoms with Crippen molar-refractivity contribution < 1.29 is 18.7 Å².